The molecule has 2 aromatic heterocycles. The summed E-state index contributed by atoms with van der Waals surface area (Å²) in [6.45, 7) is 7.21. The van der Waals surface area contributed by atoms with Crippen LogP contribution in [0, 0.1) is 6.92 Å². The van der Waals surface area contributed by atoms with Crippen LogP contribution >= 0.6 is 0 Å². The number of nitrogens with one attached hydrogen (secondary N) is 1. The van der Waals surface area contributed by atoms with Gasteiger partial charge in [0.2, 0.25) is 0 Å². The maximum absolute atomic E-state index is 4.40. The minimum absolute atomic E-state index is 0.483. The van der Waals surface area contributed by atoms with Crippen molar-refractivity contribution >= 4 is 0 Å². The fourth-order valence-electron chi connectivity index (χ4n) is 1.67. The summed E-state index contributed by atoms with van der Waals surface area (Å²) in [5.41, 5.74) is 3.38. The highest BCUT2D eigenvalue weighted by Crippen LogP contribution is 2.12. The molecule has 4 heteroatoms. The van der Waals surface area contributed by atoms with Crippen LogP contribution in [0.4, 0.5) is 0 Å². The van der Waals surface area contributed by atoms with Gasteiger partial charge in [0.05, 0.1) is 18.1 Å². The summed E-state index contributed by atoms with van der Waals surface area (Å²) in [6.07, 6.45) is 5.50. The van der Waals surface area contributed by atoms with Crippen LogP contribution in [0.2, 0.25) is 0 Å². The minimum atomic E-state index is 0.483. The smallest absolute Gasteiger partial charge is 0.0831 e. The lowest BCUT2D eigenvalue weighted by molar-refractivity contribution is 0.587. The van der Waals surface area contributed by atoms with Crippen LogP contribution in [0.25, 0.3) is 5.69 Å². The quantitative estimate of drug-likeness (QED) is 0.874. The lowest BCUT2D eigenvalue weighted by Gasteiger charge is -2.08. The van der Waals surface area contributed by atoms with Crippen LogP contribution in [0.15, 0.2) is 30.7 Å². The monoisotopic (exact) mass is 230 g/mol. The summed E-state index contributed by atoms with van der Waals surface area (Å²) >= 11 is 0. The molecule has 0 fully saturated rings. The van der Waals surface area contributed by atoms with E-state index in [0.717, 1.165) is 17.9 Å². The third-order valence-electron chi connectivity index (χ3n) is 2.70. The minimum Gasteiger partial charge on any atom is -0.310 e. The Morgan fingerprint density at radius 2 is 2.18 bits per heavy atom. The van der Waals surface area contributed by atoms with Gasteiger partial charge in [0.15, 0.2) is 0 Å². The average Bonchev–Trinajstić information content (AvgIpc) is 2.69. The average molecular weight is 230 g/mol. The molecule has 0 atom stereocenters. The van der Waals surface area contributed by atoms with E-state index in [1.165, 1.54) is 5.56 Å². The molecule has 0 aliphatic carbocycles. The van der Waals surface area contributed by atoms with Gasteiger partial charge in [0.25, 0.3) is 0 Å². The zero-order valence-electron chi connectivity index (χ0n) is 10.5. The molecule has 0 saturated carbocycles. The van der Waals surface area contributed by atoms with Gasteiger partial charge in [-0.2, -0.15) is 5.10 Å². The zero-order valence-corrected chi connectivity index (χ0v) is 10.5. The van der Waals surface area contributed by atoms with Gasteiger partial charge in [-0.1, -0.05) is 13.8 Å². The van der Waals surface area contributed by atoms with Crippen molar-refractivity contribution in [3.63, 3.8) is 0 Å². The molecular formula is C13H18N4. The van der Waals surface area contributed by atoms with Gasteiger partial charge < -0.3 is 5.32 Å². The molecule has 0 amide bonds. The molecule has 0 aliphatic rings. The number of pyridine rings is 1. The molecular weight excluding hydrogens is 212 g/mol. The van der Waals surface area contributed by atoms with E-state index in [9.17, 15) is 0 Å². The van der Waals surface area contributed by atoms with E-state index < -0.39 is 0 Å². The first-order valence-electron chi connectivity index (χ1n) is 5.85. The molecule has 0 aromatic carbocycles. The third-order valence-corrected chi connectivity index (χ3v) is 2.70. The van der Waals surface area contributed by atoms with E-state index in [1.54, 1.807) is 6.20 Å². The number of nitrogens with zero attached hydrogens (tertiary/aromatic N) is 3. The maximum atomic E-state index is 4.40. The lowest BCUT2D eigenvalue weighted by atomic mass is 10.2. The van der Waals surface area contributed by atoms with Crippen molar-refractivity contribution < 1.29 is 0 Å². The fraction of sp³-hybridized carbons (Fsp3) is 0.385. The highest BCUT2D eigenvalue weighted by molar-refractivity contribution is 5.31. The van der Waals surface area contributed by atoms with Gasteiger partial charge in [-0.15, -0.1) is 0 Å². The molecule has 1 N–H and O–H groups in total. The second-order valence-corrected chi connectivity index (χ2v) is 4.41. The molecule has 90 valence electrons. The van der Waals surface area contributed by atoms with Crippen molar-refractivity contribution in [3.8, 4) is 5.69 Å². The van der Waals surface area contributed by atoms with E-state index in [0.29, 0.717) is 6.04 Å². The van der Waals surface area contributed by atoms with Gasteiger partial charge >= 0.3 is 0 Å². The molecule has 0 saturated heterocycles. The Morgan fingerprint density at radius 3 is 2.82 bits per heavy atom. The Morgan fingerprint density at radius 1 is 1.35 bits per heavy atom. The van der Waals surface area contributed by atoms with Gasteiger partial charge in [-0.3, -0.25) is 4.98 Å². The van der Waals surface area contributed by atoms with E-state index in [-0.39, 0.29) is 0 Å². The number of hydrogen-bond donors (Lipinski definition) is 1. The van der Waals surface area contributed by atoms with Crippen molar-refractivity contribution in [2.24, 2.45) is 0 Å². The Balaban J connectivity index is 2.21. The van der Waals surface area contributed by atoms with E-state index in [2.05, 4.69) is 36.2 Å². The van der Waals surface area contributed by atoms with Crippen LogP contribution in [0.3, 0.4) is 0 Å². The predicted octanol–water partition coefficient (Wildman–Crippen LogP) is 2.07. The molecule has 0 aliphatic heterocycles. The highest BCUT2D eigenvalue weighted by atomic mass is 15.3. The molecule has 2 heterocycles. The fourth-order valence-corrected chi connectivity index (χ4v) is 1.67. The molecule has 0 bridgehead atoms. The topological polar surface area (TPSA) is 42.7 Å². The zero-order chi connectivity index (χ0) is 12.3. The van der Waals surface area contributed by atoms with Crippen molar-refractivity contribution in [1.82, 2.24) is 20.1 Å². The molecule has 2 aromatic rings. The van der Waals surface area contributed by atoms with Crippen LogP contribution in [0.5, 0.6) is 0 Å². The summed E-state index contributed by atoms with van der Waals surface area (Å²) in [7, 11) is 0. The predicted molar refractivity (Wildman–Crippen MR) is 68.1 cm³/mol. The van der Waals surface area contributed by atoms with Crippen LogP contribution in [-0.4, -0.2) is 20.8 Å². The Kier molecular flexibility index (Phi) is 3.54. The molecule has 17 heavy (non-hydrogen) atoms. The summed E-state index contributed by atoms with van der Waals surface area (Å²) in [6, 6.07) is 4.41. The van der Waals surface area contributed by atoms with E-state index in [4.69, 9.17) is 0 Å². The molecule has 2 rings (SSSR count). The Labute approximate surface area is 102 Å². The number of hydrogen-bond acceptors (Lipinski definition) is 3. The number of aromatic nitrogens is 3. The summed E-state index contributed by atoms with van der Waals surface area (Å²) in [5.74, 6) is 0. The first-order chi connectivity index (χ1) is 8.18. The third kappa shape index (κ3) is 2.71. The van der Waals surface area contributed by atoms with Crippen molar-refractivity contribution in [3.05, 3.63) is 42.0 Å². The van der Waals surface area contributed by atoms with Crippen molar-refractivity contribution in [1.29, 1.82) is 0 Å². The van der Waals surface area contributed by atoms with Gasteiger partial charge in [-0.25, -0.2) is 4.68 Å². The SMILES string of the molecule is Cc1c(CNC(C)C)cnn1-c1cccnc1. The van der Waals surface area contributed by atoms with Gasteiger partial charge in [-0.05, 0) is 19.1 Å². The Bertz CT molecular complexity index is 473. The normalized spacial score (nSPS) is 11.1. The Hall–Kier alpha value is -1.68. The lowest BCUT2D eigenvalue weighted by Crippen LogP contribution is -2.22. The summed E-state index contributed by atoms with van der Waals surface area (Å²) in [4.78, 5) is 4.11. The van der Waals surface area contributed by atoms with Crippen LogP contribution in [-0.2, 0) is 6.54 Å². The standard InChI is InChI=1S/C13H18N4/c1-10(2)15-7-12-8-16-17(11(12)3)13-5-4-6-14-9-13/h4-6,8-10,15H,7H2,1-3H3. The first-order valence-corrected chi connectivity index (χ1v) is 5.85. The van der Waals surface area contributed by atoms with Gasteiger partial charge in [0, 0.05) is 30.0 Å². The highest BCUT2D eigenvalue weighted by Gasteiger charge is 2.07. The molecule has 4 nitrogen and oxygen atoms in total. The van der Waals surface area contributed by atoms with E-state index >= 15 is 0 Å². The first kappa shape index (κ1) is 11.8. The molecule has 0 radical (unpaired) electrons. The van der Waals surface area contributed by atoms with E-state index in [1.807, 2.05) is 29.2 Å². The number of rotatable bonds is 4. The van der Waals surface area contributed by atoms with Crippen LogP contribution in [0.1, 0.15) is 25.1 Å². The second kappa shape index (κ2) is 5.10. The summed E-state index contributed by atoms with van der Waals surface area (Å²) in [5, 5.41) is 7.80. The second-order valence-electron chi connectivity index (χ2n) is 4.41. The molecule has 0 spiro atoms. The maximum Gasteiger partial charge on any atom is 0.0831 e. The largest absolute Gasteiger partial charge is 0.310 e. The van der Waals surface area contributed by atoms with Crippen molar-refractivity contribution in [2.75, 3.05) is 0 Å². The summed E-state index contributed by atoms with van der Waals surface area (Å²) < 4.78 is 1.92. The van der Waals surface area contributed by atoms with Crippen molar-refractivity contribution in [2.45, 2.75) is 33.4 Å². The molecule has 0 unspecified atom stereocenters. The van der Waals surface area contributed by atoms with Gasteiger partial charge in [0.1, 0.15) is 0 Å². The van der Waals surface area contributed by atoms with Crippen LogP contribution < -0.4 is 5.32 Å².